The van der Waals surface area contributed by atoms with Crippen LogP contribution in [0.4, 0.5) is 0 Å². The topological polar surface area (TPSA) is 129 Å². The third-order valence-corrected chi connectivity index (χ3v) is 5.90. The average Bonchev–Trinajstić information content (AvgIpc) is 2.77. The van der Waals surface area contributed by atoms with E-state index in [1.54, 1.807) is 38.1 Å². The molecule has 3 aromatic rings. The highest BCUT2D eigenvalue weighted by molar-refractivity contribution is 7.89. The first-order valence-electron chi connectivity index (χ1n) is 9.51. The molecule has 0 atom stereocenters. The van der Waals surface area contributed by atoms with Gasteiger partial charge in [0, 0.05) is 11.5 Å². The lowest BCUT2D eigenvalue weighted by atomic mass is 10.1. The molecule has 31 heavy (non-hydrogen) atoms. The fraction of sp³-hybridized carbons (Fsp3) is 0.250. The summed E-state index contributed by atoms with van der Waals surface area (Å²) in [6, 6.07) is 10.4. The van der Waals surface area contributed by atoms with Crippen LogP contribution in [0.25, 0.3) is 10.8 Å². The molecule has 11 heteroatoms. The summed E-state index contributed by atoms with van der Waals surface area (Å²) >= 11 is 0. The molecule has 10 nitrogen and oxygen atoms in total. The monoisotopic (exact) mass is 444 g/mol. The van der Waals surface area contributed by atoms with E-state index in [0.717, 1.165) is 0 Å². The lowest BCUT2D eigenvalue weighted by Crippen LogP contribution is -2.42. The maximum absolute atomic E-state index is 12.8. The fourth-order valence-corrected chi connectivity index (χ4v) is 4.00. The van der Waals surface area contributed by atoms with Crippen molar-refractivity contribution in [3.8, 4) is 11.5 Å². The van der Waals surface area contributed by atoms with E-state index in [0.29, 0.717) is 35.5 Å². The van der Waals surface area contributed by atoms with Crippen molar-refractivity contribution in [1.29, 1.82) is 0 Å². The van der Waals surface area contributed by atoms with E-state index in [4.69, 9.17) is 9.47 Å². The molecule has 2 N–H and O–H groups in total. The highest BCUT2D eigenvalue weighted by atomic mass is 32.2. The van der Waals surface area contributed by atoms with Crippen LogP contribution in [-0.4, -0.2) is 37.3 Å². The smallest absolute Gasteiger partial charge is 0.287 e. The molecule has 0 bridgehead atoms. The third-order valence-electron chi connectivity index (χ3n) is 4.66. The Morgan fingerprint density at radius 2 is 1.74 bits per heavy atom. The number of sulfonamides is 1. The molecule has 1 aliphatic rings. The number of carbonyl (C=O) groups excluding carboxylic acids is 1. The van der Waals surface area contributed by atoms with Crippen LogP contribution >= 0.6 is 0 Å². The largest absolute Gasteiger partial charge is 0.486 e. The van der Waals surface area contributed by atoms with Crippen LogP contribution in [0, 0.1) is 0 Å². The Bertz CT molecular complexity index is 1330. The summed E-state index contributed by atoms with van der Waals surface area (Å²) in [5.41, 5.74) is 1.76. The summed E-state index contributed by atoms with van der Waals surface area (Å²) in [7, 11) is -4.10. The van der Waals surface area contributed by atoms with Crippen LogP contribution in [0.1, 0.15) is 30.4 Å². The third kappa shape index (κ3) is 3.97. The Morgan fingerprint density at radius 1 is 1.06 bits per heavy atom. The van der Waals surface area contributed by atoms with Gasteiger partial charge < -0.3 is 9.47 Å². The van der Waals surface area contributed by atoms with Gasteiger partial charge in [-0.15, -0.1) is 4.83 Å². The standard InChI is InChI=1S/C20H20N4O6S/c1-12(2)24-20(26)15-6-4-3-5-14(15)18(22-24)19(25)21-23-31(27,28)13-7-8-16-17(11-13)30-10-9-29-16/h3-8,11-12,23H,9-10H2,1-2H3,(H,21,25). The fourth-order valence-electron chi connectivity index (χ4n) is 3.15. The second-order valence-electron chi connectivity index (χ2n) is 7.10. The van der Waals surface area contributed by atoms with E-state index in [1.807, 2.05) is 0 Å². The van der Waals surface area contributed by atoms with Crippen LogP contribution < -0.4 is 25.3 Å². The van der Waals surface area contributed by atoms with Gasteiger partial charge in [-0.25, -0.2) is 13.1 Å². The molecule has 0 aliphatic carbocycles. The molecule has 0 fully saturated rings. The number of ether oxygens (including phenoxy) is 2. The molecule has 2 aromatic carbocycles. The minimum atomic E-state index is -4.10. The average molecular weight is 444 g/mol. The molecule has 2 heterocycles. The van der Waals surface area contributed by atoms with E-state index in [9.17, 15) is 18.0 Å². The molecule has 162 valence electrons. The Kier molecular flexibility index (Phi) is 5.38. The highest BCUT2D eigenvalue weighted by Gasteiger charge is 2.22. The normalized spacial score (nSPS) is 13.4. The molecule has 1 aliphatic heterocycles. The first-order chi connectivity index (χ1) is 14.8. The molecular weight excluding hydrogens is 424 g/mol. The predicted molar refractivity (Wildman–Crippen MR) is 112 cm³/mol. The van der Waals surface area contributed by atoms with Crippen molar-refractivity contribution in [2.75, 3.05) is 13.2 Å². The van der Waals surface area contributed by atoms with E-state index in [1.165, 1.54) is 22.9 Å². The molecule has 0 unspecified atom stereocenters. The van der Waals surface area contributed by atoms with Crippen molar-refractivity contribution in [3.63, 3.8) is 0 Å². The molecule has 1 amide bonds. The number of nitrogens with zero attached hydrogens (tertiary/aromatic N) is 2. The number of carbonyl (C=O) groups is 1. The lowest BCUT2D eigenvalue weighted by Gasteiger charge is -2.19. The second kappa shape index (κ2) is 8.00. The molecule has 4 rings (SSSR count). The van der Waals surface area contributed by atoms with Crippen LogP contribution in [0.3, 0.4) is 0 Å². The summed E-state index contributed by atoms with van der Waals surface area (Å²) in [6.07, 6.45) is 0. The minimum Gasteiger partial charge on any atom is -0.486 e. The van der Waals surface area contributed by atoms with E-state index in [-0.39, 0.29) is 22.2 Å². The van der Waals surface area contributed by atoms with Crippen LogP contribution in [-0.2, 0) is 10.0 Å². The second-order valence-corrected chi connectivity index (χ2v) is 8.79. The molecule has 0 radical (unpaired) electrons. The van der Waals surface area contributed by atoms with Gasteiger partial charge in [0.1, 0.15) is 13.2 Å². The van der Waals surface area contributed by atoms with E-state index >= 15 is 0 Å². The first kappa shape index (κ1) is 20.8. The van der Waals surface area contributed by atoms with Crippen molar-refractivity contribution in [2.45, 2.75) is 24.8 Å². The molecule has 0 saturated carbocycles. The minimum absolute atomic E-state index is 0.0752. The van der Waals surface area contributed by atoms with Gasteiger partial charge in [0.25, 0.3) is 21.5 Å². The summed E-state index contributed by atoms with van der Waals surface area (Å²) in [4.78, 5) is 27.3. The Hall–Kier alpha value is -3.44. The number of hydrazine groups is 1. The Morgan fingerprint density at radius 3 is 2.45 bits per heavy atom. The quantitative estimate of drug-likeness (QED) is 0.569. The number of hydrogen-bond donors (Lipinski definition) is 2. The van der Waals surface area contributed by atoms with Crippen molar-refractivity contribution in [2.24, 2.45) is 0 Å². The summed E-state index contributed by atoms with van der Waals surface area (Å²) in [5, 5.41) is 4.78. The lowest BCUT2D eigenvalue weighted by molar-refractivity contribution is 0.0939. The van der Waals surface area contributed by atoms with Gasteiger partial charge >= 0.3 is 0 Å². The SMILES string of the molecule is CC(C)n1nc(C(=O)NNS(=O)(=O)c2ccc3c(c2)OCCO3)c2ccccc2c1=O. The molecule has 0 saturated heterocycles. The maximum atomic E-state index is 12.8. The highest BCUT2D eigenvalue weighted by Crippen LogP contribution is 2.32. The van der Waals surface area contributed by atoms with Gasteiger partial charge in [0.2, 0.25) is 0 Å². The maximum Gasteiger partial charge on any atom is 0.287 e. The van der Waals surface area contributed by atoms with Crippen molar-refractivity contribution < 1.29 is 22.7 Å². The summed E-state index contributed by atoms with van der Waals surface area (Å²) in [6.45, 7) is 4.21. The van der Waals surface area contributed by atoms with Crippen molar-refractivity contribution >= 4 is 26.7 Å². The molecule has 1 aromatic heterocycles. The number of rotatable bonds is 5. The zero-order valence-electron chi connectivity index (χ0n) is 16.8. The van der Waals surface area contributed by atoms with Gasteiger partial charge in [0.05, 0.1) is 16.3 Å². The van der Waals surface area contributed by atoms with Gasteiger partial charge in [-0.1, -0.05) is 18.2 Å². The van der Waals surface area contributed by atoms with Crippen LogP contribution in [0.5, 0.6) is 11.5 Å². The van der Waals surface area contributed by atoms with Crippen LogP contribution in [0.2, 0.25) is 0 Å². The van der Waals surface area contributed by atoms with Gasteiger partial charge in [0.15, 0.2) is 17.2 Å². The van der Waals surface area contributed by atoms with E-state index in [2.05, 4.69) is 15.4 Å². The first-order valence-corrected chi connectivity index (χ1v) is 11.0. The predicted octanol–water partition coefficient (Wildman–Crippen LogP) is 1.37. The Labute approximate surface area is 177 Å². The number of hydrogen-bond acceptors (Lipinski definition) is 7. The van der Waals surface area contributed by atoms with Crippen LogP contribution in [0.15, 0.2) is 52.2 Å². The zero-order valence-corrected chi connectivity index (χ0v) is 17.6. The molecular formula is C20H20N4O6S. The van der Waals surface area contributed by atoms with Crippen molar-refractivity contribution in [1.82, 2.24) is 20.0 Å². The number of benzene rings is 2. The van der Waals surface area contributed by atoms with Crippen molar-refractivity contribution in [3.05, 3.63) is 58.5 Å². The van der Waals surface area contributed by atoms with Gasteiger partial charge in [-0.3, -0.25) is 15.0 Å². The summed E-state index contributed by atoms with van der Waals surface area (Å²) < 4.78 is 37.3. The summed E-state index contributed by atoms with van der Waals surface area (Å²) in [5.74, 6) is -0.0512. The van der Waals surface area contributed by atoms with Gasteiger partial charge in [-0.2, -0.15) is 5.10 Å². The molecule has 0 spiro atoms. The van der Waals surface area contributed by atoms with E-state index < -0.39 is 15.9 Å². The number of fused-ring (bicyclic) bond motifs is 2. The van der Waals surface area contributed by atoms with Gasteiger partial charge in [-0.05, 0) is 32.0 Å². The zero-order chi connectivity index (χ0) is 22.2. The number of amides is 1. The number of nitrogens with one attached hydrogen (secondary N) is 2. The number of aromatic nitrogens is 2. The Balaban J connectivity index is 1.62.